The summed E-state index contributed by atoms with van der Waals surface area (Å²) in [6.07, 6.45) is 0. The second-order valence-electron chi connectivity index (χ2n) is 30.4. The number of rotatable bonds is 10. The number of hydrogen-bond donors (Lipinski definition) is 0. The molecule has 16 aromatic carbocycles. The summed E-state index contributed by atoms with van der Waals surface area (Å²) in [7, 11) is -0.407. The first-order valence-corrected chi connectivity index (χ1v) is 40.9. The van der Waals surface area contributed by atoms with Gasteiger partial charge in [0.2, 0.25) is 0 Å². The first-order valence-electron chi connectivity index (χ1n) is 38.3. The van der Waals surface area contributed by atoms with Crippen molar-refractivity contribution in [2.75, 3.05) is 0 Å². The van der Waals surface area contributed by atoms with Crippen molar-refractivity contribution in [1.29, 1.82) is 0 Å². The first kappa shape index (κ1) is 71.1. The van der Waals surface area contributed by atoms with Gasteiger partial charge in [0.25, 0.3) is 0 Å². The van der Waals surface area contributed by atoms with Gasteiger partial charge >= 0.3 is 7.12 Å². The van der Waals surface area contributed by atoms with Gasteiger partial charge in [-0.15, -0.1) is 0 Å². The monoisotopic (exact) mass is 1680 g/mol. The number of para-hydroxylation sites is 2. The van der Waals surface area contributed by atoms with Crippen LogP contribution in [0.4, 0.5) is 0 Å². The lowest BCUT2D eigenvalue weighted by Crippen LogP contribution is -2.41. The molecule has 0 radical (unpaired) electrons. The zero-order valence-corrected chi connectivity index (χ0v) is 67.7. The van der Waals surface area contributed by atoms with Gasteiger partial charge in [0, 0.05) is 45.4 Å². The standard InChI is InChI=1S/C49H40BNO2.C49H32BrN.C6H4BrI/c1-47(2)48(3,4)53-50(52-47)37-21-15-16-33(30-37)34-26-29-46-42(31-34)41-23-12-14-25-45(41)51(46)38-27-28-40-39-22-11-13-24-43(39)49(44(40)32-38,35-17-7-5-8-18-35)36-19-9-6-10-20-36;50-39-25-22-33(23-26-39)34-12-11-13-35(30-34)36-24-29-48-44(31-36)43-19-8-10-21-47(43)51(48)40-27-28-42-41-18-7-9-20-45(41)49(46(42)32-40,37-14-3-1-4-15-37)38-16-5-2-6-17-38;7-5-1-3-6(8)4-2-5/h5-32H,1-4H3;1-32H;1-4H. The van der Waals surface area contributed by atoms with E-state index in [0.717, 1.165) is 36.9 Å². The van der Waals surface area contributed by atoms with Crippen molar-refractivity contribution in [3.8, 4) is 67.0 Å². The van der Waals surface area contributed by atoms with E-state index in [0.29, 0.717) is 0 Å². The number of hydrogen-bond acceptors (Lipinski definition) is 2. The summed E-state index contributed by atoms with van der Waals surface area (Å²) in [6.45, 7) is 8.40. The number of nitrogens with zero attached hydrogens (tertiary/aromatic N) is 2. The molecule has 2 aromatic heterocycles. The van der Waals surface area contributed by atoms with Gasteiger partial charge in [0.15, 0.2) is 0 Å². The van der Waals surface area contributed by atoms with E-state index in [1.807, 2.05) is 12.1 Å². The molecule has 0 saturated carbocycles. The Labute approximate surface area is 685 Å². The summed E-state index contributed by atoms with van der Waals surface area (Å²) in [6, 6.07) is 142. The van der Waals surface area contributed by atoms with Gasteiger partial charge in [-0.3, -0.25) is 0 Å². The predicted molar refractivity (Wildman–Crippen MR) is 483 cm³/mol. The van der Waals surface area contributed by atoms with Gasteiger partial charge in [0.1, 0.15) is 0 Å². The molecule has 8 heteroatoms. The molecule has 0 unspecified atom stereocenters. The van der Waals surface area contributed by atoms with Crippen LogP contribution in [0.3, 0.4) is 0 Å². The van der Waals surface area contributed by atoms with Crippen LogP contribution in [0.25, 0.3) is 111 Å². The second kappa shape index (κ2) is 28.8. The molecule has 3 heterocycles. The van der Waals surface area contributed by atoms with Crippen LogP contribution in [0.5, 0.6) is 0 Å². The summed E-state index contributed by atoms with van der Waals surface area (Å²) in [5.41, 5.74) is 29.0. The smallest absolute Gasteiger partial charge is 0.399 e. The van der Waals surface area contributed by atoms with E-state index in [9.17, 15) is 0 Å². The molecule has 0 spiro atoms. The number of halogens is 3. The largest absolute Gasteiger partial charge is 0.494 e. The SMILES string of the molecule is Brc1ccc(-c2cccc(-c3ccc4c(c3)c3ccccc3n4-c3ccc4c(c3)C(c3ccccc3)(c3ccccc3)c3ccccc3-4)c2)cc1.Brc1ccc(I)cc1.CC1(C)OB(c2cccc(-c3ccc4c(c3)c3ccccc3n4-c3ccc4c(c3)C(c3ccccc3)(c3ccccc3)c3ccccc3-4)c2)OC1(C)C. The number of fused-ring (bicyclic) bond motifs is 12. The fourth-order valence-electron chi connectivity index (χ4n) is 17.8. The predicted octanol–water partition coefficient (Wildman–Crippen LogP) is 27.4. The average molecular weight is 1680 g/mol. The molecule has 112 heavy (non-hydrogen) atoms. The maximum Gasteiger partial charge on any atom is 0.494 e. The normalized spacial score (nSPS) is 14.4. The minimum Gasteiger partial charge on any atom is -0.399 e. The summed E-state index contributed by atoms with van der Waals surface area (Å²) in [4.78, 5) is 0. The van der Waals surface area contributed by atoms with Crippen LogP contribution in [0.15, 0.2) is 397 Å². The van der Waals surface area contributed by atoms with Crippen LogP contribution in [-0.2, 0) is 20.1 Å². The Morgan fingerprint density at radius 3 is 1.04 bits per heavy atom. The van der Waals surface area contributed by atoms with Gasteiger partial charge in [-0.05, 0) is 259 Å². The van der Waals surface area contributed by atoms with E-state index < -0.39 is 29.2 Å². The van der Waals surface area contributed by atoms with E-state index in [4.69, 9.17) is 9.31 Å². The Kier molecular flexibility index (Phi) is 18.3. The highest BCUT2D eigenvalue weighted by atomic mass is 127. The van der Waals surface area contributed by atoms with Gasteiger partial charge in [-0.25, -0.2) is 0 Å². The maximum atomic E-state index is 6.42. The topological polar surface area (TPSA) is 28.3 Å². The average Bonchev–Trinajstić information content (AvgIpc) is 1.53. The Morgan fingerprint density at radius 1 is 0.268 bits per heavy atom. The Hall–Kier alpha value is -11.2. The van der Waals surface area contributed by atoms with Crippen molar-refractivity contribution in [2.45, 2.75) is 49.7 Å². The third kappa shape index (κ3) is 12.1. The quantitative estimate of drug-likeness (QED) is 0.101. The molecule has 0 amide bonds. The van der Waals surface area contributed by atoms with E-state index in [-0.39, 0.29) is 0 Å². The van der Waals surface area contributed by atoms with Crippen LogP contribution < -0.4 is 5.46 Å². The van der Waals surface area contributed by atoms with Crippen LogP contribution in [0.2, 0.25) is 0 Å². The maximum absolute atomic E-state index is 6.42. The van der Waals surface area contributed by atoms with Crippen molar-refractivity contribution in [3.05, 3.63) is 445 Å². The molecule has 18 aromatic rings. The Morgan fingerprint density at radius 2 is 0.607 bits per heavy atom. The number of aromatic nitrogens is 2. The van der Waals surface area contributed by atoms with Crippen molar-refractivity contribution in [3.63, 3.8) is 0 Å². The van der Waals surface area contributed by atoms with Crippen LogP contribution >= 0.6 is 54.5 Å². The molecular weight excluding hydrogens is 1610 g/mol. The second-order valence-corrected chi connectivity index (χ2v) is 33.5. The highest BCUT2D eigenvalue weighted by Crippen LogP contribution is 2.59. The molecule has 4 nitrogen and oxygen atoms in total. The molecule has 0 bridgehead atoms. The molecular formula is C104H76BBr2IN2O2. The van der Waals surface area contributed by atoms with E-state index in [1.54, 1.807) is 0 Å². The zero-order chi connectivity index (χ0) is 75.9. The van der Waals surface area contributed by atoms with Crippen LogP contribution in [0, 0.1) is 3.57 Å². The molecule has 0 atom stereocenters. The van der Waals surface area contributed by atoms with Crippen molar-refractivity contribution < 1.29 is 9.31 Å². The molecule has 538 valence electrons. The molecule has 3 aliphatic rings. The minimum atomic E-state index is -0.460. The molecule has 21 rings (SSSR count). The van der Waals surface area contributed by atoms with E-state index >= 15 is 0 Å². The van der Waals surface area contributed by atoms with Crippen molar-refractivity contribution in [1.82, 2.24) is 9.13 Å². The third-order valence-corrected chi connectivity index (χ3v) is 25.4. The molecule has 1 fully saturated rings. The molecule has 1 saturated heterocycles. The minimum absolute atomic E-state index is 0.392. The summed E-state index contributed by atoms with van der Waals surface area (Å²) in [5.74, 6) is 0. The van der Waals surface area contributed by atoms with Crippen LogP contribution in [0.1, 0.15) is 72.2 Å². The number of benzene rings is 16. The lowest BCUT2D eigenvalue weighted by atomic mass is 9.67. The summed E-state index contributed by atoms with van der Waals surface area (Å²) >= 11 is 9.19. The first-order chi connectivity index (χ1) is 54.7. The Bertz CT molecular complexity index is 6500. The van der Waals surface area contributed by atoms with Crippen LogP contribution in [-0.4, -0.2) is 27.5 Å². The highest BCUT2D eigenvalue weighted by molar-refractivity contribution is 14.1. The van der Waals surface area contributed by atoms with Gasteiger partial charge in [-0.1, -0.05) is 317 Å². The van der Waals surface area contributed by atoms with E-state index in [1.165, 1.54) is 136 Å². The third-order valence-electron chi connectivity index (χ3n) is 23.7. The fraction of sp³-hybridized carbons (Fsp3) is 0.0769. The molecule has 1 aliphatic heterocycles. The molecule has 0 N–H and O–H groups in total. The Balaban J connectivity index is 0.000000137. The molecule has 2 aliphatic carbocycles. The lowest BCUT2D eigenvalue weighted by Gasteiger charge is -2.34. The van der Waals surface area contributed by atoms with Gasteiger partial charge in [-0.2, -0.15) is 0 Å². The van der Waals surface area contributed by atoms with E-state index in [2.05, 4.69) is 467 Å². The van der Waals surface area contributed by atoms with Crippen molar-refractivity contribution >= 4 is 111 Å². The lowest BCUT2D eigenvalue weighted by molar-refractivity contribution is 0.00578. The highest BCUT2D eigenvalue weighted by Gasteiger charge is 2.52. The van der Waals surface area contributed by atoms with Gasteiger partial charge in [0.05, 0.1) is 44.1 Å². The summed E-state index contributed by atoms with van der Waals surface area (Å²) in [5, 5.41) is 4.95. The van der Waals surface area contributed by atoms with Gasteiger partial charge < -0.3 is 18.4 Å². The van der Waals surface area contributed by atoms with Crippen molar-refractivity contribution in [2.24, 2.45) is 0 Å². The zero-order valence-electron chi connectivity index (χ0n) is 62.4. The summed E-state index contributed by atoms with van der Waals surface area (Å²) < 4.78 is 21.2. The fourth-order valence-corrected chi connectivity index (χ4v) is 18.7.